The fourth-order valence-corrected chi connectivity index (χ4v) is 1.84. The molecule has 2 nitrogen and oxygen atoms in total. The second-order valence-corrected chi connectivity index (χ2v) is 4.09. The van der Waals surface area contributed by atoms with E-state index >= 15 is 0 Å². The summed E-state index contributed by atoms with van der Waals surface area (Å²) in [7, 11) is 0. The zero-order chi connectivity index (χ0) is 12.3. The third kappa shape index (κ3) is 2.53. The van der Waals surface area contributed by atoms with Gasteiger partial charge in [-0.05, 0) is 30.3 Å². The Balaban J connectivity index is 2.50. The number of benzene rings is 1. The van der Waals surface area contributed by atoms with Gasteiger partial charge in [-0.25, -0.2) is 0 Å². The largest absolute Gasteiger partial charge is 0.294 e. The normalized spacial score (nSPS) is 10.2. The van der Waals surface area contributed by atoms with Crippen LogP contribution in [0.25, 0.3) is 11.3 Å². The molecule has 1 aromatic heterocycles. The van der Waals surface area contributed by atoms with Crippen LogP contribution >= 0.6 is 11.6 Å². The molecule has 0 N–H and O–H groups in total. The van der Waals surface area contributed by atoms with E-state index in [9.17, 15) is 4.79 Å². The summed E-state index contributed by atoms with van der Waals surface area (Å²) in [6.07, 6.45) is 2.20. The second-order valence-electron chi connectivity index (χ2n) is 3.69. The molecule has 0 spiro atoms. The van der Waals surface area contributed by atoms with E-state index in [0.29, 0.717) is 17.0 Å². The van der Waals surface area contributed by atoms with Gasteiger partial charge in [0.05, 0.1) is 10.7 Å². The molecule has 0 atom stereocenters. The van der Waals surface area contributed by atoms with Crippen LogP contribution in [-0.4, -0.2) is 10.8 Å². The summed E-state index contributed by atoms with van der Waals surface area (Å²) >= 11 is 6.13. The average molecular weight is 246 g/mol. The molecule has 0 aliphatic heterocycles. The Morgan fingerprint density at radius 3 is 2.76 bits per heavy atom. The van der Waals surface area contributed by atoms with Gasteiger partial charge in [0.2, 0.25) is 0 Å². The van der Waals surface area contributed by atoms with Gasteiger partial charge in [0, 0.05) is 23.7 Å². The van der Waals surface area contributed by atoms with E-state index in [4.69, 9.17) is 11.6 Å². The fourth-order valence-electron chi connectivity index (χ4n) is 1.62. The van der Waals surface area contributed by atoms with Gasteiger partial charge in [-0.3, -0.25) is 9.78 Å². The van der Waals surface area contributed by atoms with E-state index in [1.54, 1.807) is 24.4 Å². The smallest absolute Gasteiger partial charge is 0.162 e. The van der Waals surface area contributed by atoms with Crippen LogP contribution in [0.2, 0.25) is 5.02 Å². The summed E-state index contributed by atoms with van der Waals surface area (Å²) in [6.45, 7) is 1.84. The van der Waals surface area contributed by atoms with E-state index in [2.05, 4.69) is 4.98 Å². The standard InChI is InChI=1S/C14H12ClNO/c1-2-14(17)10-6-7-12(15)11(9-10)13-5-3-4-8-16-13/h3-9H,2H2,1H3. The molecular weight excluding hydrogens is 234 g/mol. The maximum atomic E-state index is 11.6. The maximum absolute atomic E-state index is 11.6. The van der Waals surface area contributed by atoms with E-state index in [1.165, 1.54) is 0 Å². The van der Waals surface area contributed by atoms with Crippen LogP contribution in [-0.2, 0) is 0 Å². The highest BCUT2D eigenvalue weighted by Crippen LogP contribution is 2.27. The number of rotatable bonds is 3. The van der Waals surface area contributed by atoms with E-state index < -0.39 is 0 Å². The first-order valence-corrected chi connectivity index (χ1v) is 5.84. The molecule has 17 heavy (non-hydrogen) atoms. The molecule has 1 heterocycles. The van der Waals surface area contributed by atoms with E-state index in [1.807, 2.05) is 25.1 Å². The molecule has 86 valence electrons. The number of carbonyl (C=O) groups is 1. The van der Waals surface area contributed by atoms with Crippen molar-refractivity contribution in [3.05, 3.63) is 53.2 Å². The molecular formula is C14H12ClNO. The minimum atomic E-state index is 0.110. The quantitative estimate of drug-likeness (QED) is 0.766. The lowest BCUT2D eigenvalue weighted by Crippen LogP contribution is -1.97. The van der Waals surface area contributed by atoms with Crippen molar-refractivity contribution in [2.75, 3.05) is 0 Å². The van der Waals surface area contributed by atoms with Gasteiger partial charge in [0.25, 0.3) is 0 Å². The summed E-state index contributed by atoms with van der Waals surface area (Å²) in [5.41, 5.74) is 2.26. The highest BCUT2D eigenvalue weighted by atomic mass is 35.5. The lowest BCUT2D eigenvalue weighted by atomic mass is 10.0. The average Bonchev–Trinajstić information content (AvgIpc) is 2.39. The van der Waals surface area contributed by atoms with Crippen molar-refractivity contribution in [3.63, 3.8) is 0 Å². The number of hydrogen-bond donors (Lipinski definition) is 0. The highest BCUT2D eigenvalue weighted by molar-refractivity contribution is 6.33. The number of aromatic nitrogens is 1. The van der Waals surface area contributed by atoms with Crippen LogP contribution in [0.5, 0.6) is 0 Å². The molecule has 2 rings (SSSR count). The second kappa shape index (κ2) is 5.11. The number of Topliss-reactive ketones (excluding diaryl/α,β-unsaturated/α-hetero) is 1. The SMILES string of the molecule is CCC(=O)c1ccc(Cl)c(-c2ccccn2)c1. The van der Waals surface area contributed by atoms with Crippen LogP contribution in [0.4, 0.5) is 0 Å². The topological polar surface area (TPSA) is 30.0 Å². The first-order valence-electron chi connectivity index (χ1n) is 5.46. The van der Waals surface area contributed by atoms with Gasteiger partial charge < -0.3 is 0 Å². The Hall–Kier alpha value is -1.67. The molecule has 0 saturated carbocycles. The molecule has 0 fully saturated rings. The molecule has 0 saturated heterocycles. The van der Waals surface area contributed by atoms with Gasteiger partial charge in [0.15, 0.2) is 5.78 Å². The minimum Gasteiger partial charge on any atom is -0.294 e. The number of carbonyl (C=O) groups excluding carboxylic acids is 1. The fraction of sp³-hybridized carbons (Fsp3) is 0.143. The monoisotopic (exact) mass is 245 g/mol. The third-order valence-corrected chi connectivity index (χ3v) is 2.88. The minimum absolute atomic E-state index is 0.110. The van der Waals surface area contributed by atoms with Crippen molar-refractivity contribution in [2.45, 2.75) is 13.3 Å². The molecule has 0 amide bonds. The van der Waals surface area contributed by atoms with Crippen LogP contribution in [0, 0.1) is 0 Å². The Morgan fingerprint density at radius 2 is 2.12 bits per heavy atom. The van der Waals surface area contributed by atoms with Crippen LogP contribution < -0.4 is 0 Å². The summed E-state index contributed by atoms with van der Waals surface area (Å²) in [5, 5.41) is 0.608. The number of hydrogen-bond acceptors (Lipinski definition) is 2. The van der Waals surface area contributed by atoms with Crippen molar-refractivity contribution < 1.29 is 4.79 Å². The number of ketones is 1. The van der Waals surface area contributed by atoms with Crippen LogP contribution in [0.1, 0.15) is 23.7 Å². The Kier molecular flexibility index (Phi) is 3.55. The number of halogens is 1. The highest BCUT2D eigenvalue weighted by Gasteiger charge is 2.09. The van der Waals surface area contributed by atoms with Gasteiger partial charge in [-0.2, -0.15) is 0 Å². The predicted octanol–water partition coefficient (Wildman–Crippen LogP) is 3.99. The lowest BCUT2D eigenvalue weighted by molar-refractivity contribution is 0.0988. The third-order valence-electron chi connectivity index (χ3n) is 2.55. The first-order chi connectivity index (χ1) is 8.22. The summed E-state index contributed by atoms with van der Waals surface area (Å²) in [4.78, 5) is 15.9. The van der Waals surface area contributed by atoms with Crippen molar-refractivity contribution in [3.8, 4) is 11.3 Å². The summed E-state index contributed by atoms with van der Waals surface area (Å²) < 4.78 is 0. The number of pyridine rings is 1. The van der Waals surface area contributed by atoms with Gasteiger partial charge in [-0.15, -0.1) is 0 Å². The van der Waals surface area contributed by atoms with Gasteiger partial charge in [0.1, 0.15) is 0 Å². The van der Waals surface area contributed by atoms with Gasteiger partial charge >= 0.3 is 0 Å². The Bertz CT molecular complexity index is 537. The molecule has 2 aromatic rings. The maximum Gasteiger partial charge on any atom is 0.162 e. The van der Waals surface area contributed by atoms with Crippen LogP contribution in [0.3, 0.4) is 0 Å². The van der Waals surface area contributed by atoms with Gasteiger partial charge in [-0.1, -0.05) is 24.6 Å². The lowest BCUT2D eigenvalue weighted by Gasteiger charge is -2.06. The summed E-state index contributed by atoms with van der Waals surface area (Å²) in [6, 6.07) is 10.9. The first kappa shape index (κ1) is 11.8. The van der Waals surface area contributed by atoms with Crippen molar-refractivity contribution in [2.24, 2.45) is 0 Å². The van der Waals surface area contributed by atoms with Crippen molar-refractivity contribution in [1.29, 1.82) is 0 Å². The molecule has 0 aliphatic carbocycles. The Morgan fingerprint density at radius 1 is 1.29 bits per heavy atom. The zero-order valence-corrected chi connectivity index (χ0v) is 10.2. The predicted molar refractivity (Wildman–Crippen MR) is 69.3 cm³/mol. The van der Waals surface area contributed by atoms with Crippen molar-refractivity contribution in [1.82, 2.24) is 4.98 Å². The van der Waals surface area contributed by atoms with Crippen molar-refractivity contribution >= 4 is 17.4 Å². The zero-order valence-electron chi connectivity index (χ0n) is 9.48. The molecule has 0 bridgehead atoms. The van der Waals surface area contributed by atoms with E-state index in [-0.39, 0.29) is 5.78 Å². The molecule has 0 aliphatic rings. The van der Waals surface area contributed by atoms with Crippen LogP contribution in [0.15, 0.2) is 42.6 Å². The summed E-state index contributed by atoms with van der Waals surface area (Å²) in [5.74, 6) is 0.110. The Labute approximate surface area is 105 Å². The molecule has 3 heteroatoms. The molecule has 0 radical (unpaired) electrons. The van der Waals surface area contributed by atoms with E-state index in [0.717, 1.165) is 11.3 Å². The number of nitrogens with zero attached hydrogens (tertiary/aromatic N) is 1. The molecule has 0 unspecified atom stereocenters. The molecule has 1 aromatic carbocycles.